The molecule has 0 saturated carbocycles. The van der Waals surface area contributed by atoms with Gasteiger partial charge >= 0.3 is 0 Å². The van der Waals surface area contributed by atoms with Gasteiger partial charge in [-0.1, -0.05) is 138 Å². The normalized spacial score (nSPS) is 18.5. The van der Waals surface area contributed by atoms with E-state index in [1.165, 1.54) is 87.6 Å². The molecule has 9 rings (SSSR count). The van der Waals surface area contributed by atoms with E-state index in [-0.39, 0.29) is 27.6 Å². The van der Waals surface area contributed by atoms with Crippen molar-refractivity contribution >= 4 is 48.7 Å². The van der Waals surface area contributed by atoms with Gasteiger partial charge in [-0.3, -0.25) is 0 Å². The summed E-state index contributed by atoms with van der Waals surface area (Å²) in [5.41, 5.74) is 15.0. The molecule has 0 heteroatoms. The number of benzene rings is 6. The lowest BCUT2D eigenvalue weighted by Gasteiger charge is -2.47. The summed E-state index contributed by atoms with van der Waals surface area (Å²) in [6.45, 7) is 29.1. The Kier molecular flexibility index (Phi) is 5.66. The minimum atomic E-state index is -0.0160. The van der Waals surface area contributed by atoms with Crippen LogP contribution in [-0.2, 0) is 16.2 Å². The topological polar surface area (TPSA) is 0 Å². The summed E-state index contributed by atoms with van der Waals surface area (Å²) in [6.07, 6.45) is 2.72. The van der Waals surface area contributed by atoms with Crippen molar-refractivity contribution in [2.24, 2.45) is 5.41 Å². The molecule has 0 aliphatic heterocycles. The van der Waals surface area contributed by atoms with E-state index < -0.39 is 0 Å². The van der Waals surface area contributed by atoms with Gasteiger partial charge in [0.1, 0.15) is 0 Å². The van der Waals surface area contributed by atoms with Crippen LogP contribution in [0.4, 0.5) is 0 Å². The zero-order chi connectivity index (χ0) is 34.0. The number of rotatable bonds is 0. The maximum Gasteiger partial charge on any atom is 0.0218 e. The van der Waals surface area contributed by atoms with E-state index in [1.807, 2.05) is 0 Å². The van der Waals surface area contributed by atoms with E-state index >= 15 is 0 Å². The lowest BCUT2D eigenvalue weighted by molar-refractivity contribution is 0.541. The van der Waals surface area contributed by atoms with E-state index in [4.69, 9.17) is 0 Å². The lowest BCUT2D eigenvalue weighted by Crippen LogP contribution is -2.30. The van der Waals surface area contributed by atoms with Crippen LogP contribution in [0.3, 0.4) is 0 Å². The predicted molar refractivity (Wildman–Crippen MR) is 210 cm³/mol. The van der Waals surface area contributed by atoms with Crippen molar-refractivity contribution in [1.82, 2.24) is 0 Å². The summed E-state index contributed by atoms with van der Waals surface area (Å²) in [4.78, 5) is 0. The molecule has 2 atom stereocenters. The molecule has 0 spiro atoms. The van der Waals surface area contributed by atoms with Crippen LogP contribution in [0.25, 0.3) is 59.8 Å². The molecule has 48 heavy (non-hydrogen) atoms. The largest absolute Gasteiger partial charge is 0.0717 e. The van der Waals surface area contributed by atoms with E-state index in [1.54, 1.807) is 11.1 Å². The van der Waals surface area contributed by atoms with E-state index in [2.05, 4.69) is 156 Å². The average molecular weight is 627 g/mol. The van der Waals surface area contributed by atoms with Gasteiger partial charge in [0.2, 0.25) is 0 Å². The minimum Gasteiger partial charge on any atom is -0.0717 e. The SMILES string of the molecule is CC(C)(C)C1=CC2c3ccccc3-c3cc(C(C)(C)C)c4c(C(C)(C)C)cc5c6ccccc6c6cc(C(C)(C)C)c1c1c6c5c4c3C12. The molecule has 0 amide bonds. The van der Waals surface area contributed by atoms with Gasteiger partial charge in [0.25, 0.3) is 0 Å². The third-order valence-corrected chi connectivity index (χ3v) is 12.0. The number of allylic oxidation sites excluding steroid dienone is 2. The van der Waals surface area contributed by atoms with Crippen molar-refractivity contribution in [1.29, 1.82) is 0 Å². The Morgan fingerprint density at radius 1 is 0.438 bits per heavy atom. The molecule has 3 aliphatic rings. The van der Waals surface area contributed by atoms with Crippen molar-refractivity contribution in [3.63, 3.8) is 0 Å². The standard InChI is InChI=1S/C48H50/c1-45(2,3)33-21-29-25-17-13-14-18-26(25)31-23-35(47(7,8)9)42-36(48(10,11)12)24-32-28-20-16-15-19-27(28)30-22-34(46(4,5)6)41(33)43-37(29)39(31)44(42)40(32)38(30)43/h13-24,29,37H,1-12H3. The van der Waals surface area contributed by atoms with Gasteiger partial charge in [0, 0.05) is 11.8 Å². The first kappa shape index (κ1) is 30.2. The molecular formula is C48H50. The van der Waals surface area contributed by atoms with Crippen molar-refractivity contribution in [2.45, 2.75) is 111 Å². The third-order valence-electron chi connectivity index (χ3n) is 12.0. The van der Waals surface area contributed by atoms with Gasteiger partial charge in [0.05, 0.1) is 0 Å². The predicted octanol–water partition coefficient (Wildman–Crippen LogP) is 13.8. The van der Waals surface area contributed by atoms with Crippen molar-refractivity contribution in [3.8, 4) is 11.1 Å². The second-order valence-electron chi connectivity index (χ2n) is 19.3. The summed E-state index contributed by atoms with van der Waals surface area (Å²) in [6, 6.07) is 26.5. The van der Waals surface area contributed by atoms with Gasteiger partial charge in [0.15, 0.2) is 0 Å². The Bertz CT molecular complexity index is 2470. The van der Waals surface area contributed by atoms with E-state index in [0.717, 1.165) is 0 Å². The first-order chi connectivity index (χ1) is 22.4. The molecule has 0 saturated heterocycles. The highest BCUT2D eigenvalue weighted by Gasteiger charge is 2.47. The Balaban J connectivity index is 1.70. The molecule has 0 bridgehead atoms. The quantitative estimate of drug-likeness (QED) is 0.147. The van der Waals surface area contributed by atoms with Crippen LogP contribution in [0.1, 0.15) is 134 Å². The summed E-state index contributed by atoms with van der Waals surface area (Å²) in [5.74, 6) is 0.579. The minimum absolute atomic E-state index is 0.00210. The summed E-state index contributed by atoms with van der Waals surface area (Å²) in [5, 5.41) is 11.7. The molecule has 2 unspecified atom stereocenters. The van der Waals surface area contributed by atoms with Crippen LogP contribution < -0.4 is 0 Å². The van der Waals surface area contributed by atoms with Gasteiger partial charge < -0.3 is 0 Å². The Morgan fingerprint density at radius 2 is 0.979 bits per heavy atom. The molecule has 3 aliphatic carbocycles. The smallest absolute Gasteiger partial charge is 0.0218 e. The zero-order valence-corrected chi connectivity index (χ0v) is 31.1. The Labute approximate surface area is 287 Å². The molecule has 0 heterocycles. The summed E-state index contributed by atoms with van der Waals surface area (Å²) >= 11 is 0. The van der Waals surface area contributed by atoms with Gasteiger partial charge in [-0.15, -0.1) is 0 Å². The highest BCUT2D eigenvalue weighted by Crippen LogP contribution is 2.65. The van der Waals surface area contributed by atoms with Gasteiger partial charge in [-0.2, -0.15) is 0 Å². The maximum absolute atomic E-state index is 2.72. The van der Waals surface area contributed by atoms with Gasteiger partial charge in [-0.25, -0.2) is 0 Å². The van der Waals surface area contributed by atoms with Crippen LogP contribution in [0.15, 0.2) is 72.8 Å². The van der Waals surface area contributed by atoms with Crippen LogP contribution in [-0.4, -0.2) is 0 Å². The van der Waals surface area contributed by atoms with Crippen LogP contribution in [0, 0.1) is 5.41 Å². The fourth-order valence-electron chi connectivity index (χ4n) is 9.98. The first-order valence-electron chi connectivity index (χ1n) is 18.2. The molecule has 6 aromatic carbocycles. The van der Waals surface area contributed by atoms with E-state index in [0.29, 0.717) is 5.92 Å². The fourth-order valence-corrected chi connectivity index (χ4v) is 9.98. The van der Waals surface area contributed by atoms with E-state index in [9.17, 15) is 0 Å². The lowest BCUT2D eigenvalue weighted by atomic mass is 9.56. The average Bonchev–Trinajstić information content (AvgIpc) is 3.00. The Hall–Kier alpha value is -3.90. The highest BCUT2D eigenvalue weighted by molar-refractivity contribution is 6.35. The van der Waals surface area contributed by atoms with Crippen molar-refractivity contribution in [3.05, 3.63) is 112 Å². The molecule has 0 nitrogen and oxygen atoms in total. The zero-order valence-electron chi connectivity index (χ0n) is 31.1. The third kappa shape index (κ3) is 3.73. The second-order valence-corrected chi connectivity index (χ2v) is 19.3. The van der Waals surface area contributed by atoms with Gasteiger partial charge in [-0.05, 0) is 139 Å². The highest BCUT2D eigenvalue weighted by atomic mass is 14.5. The second kappa shape index (κ2) is 9.01. The molecule has 0 N–H and O–H groups in total. The fraction of sp³-hybridized carbons (Fsp3) is 0.375. The van der Waals surface area contributed by atoms with Crippen LogP contribution in [0.2, 0.25) is 0 Å². The molecule has 0 aromatic heterocycles. The number of hydrogen-bond acceptors (Lipinski definition) is 0. The number of fused-ring (bicyclic) bond motifs is 6. The number of hydrogen-bond donors (Lipinski definition) is 0. The maximum atomic E-state index is 2.72. The molecule has 0 fully saturated rings. The monoisotopic (exact) mass is 626 g/mol. The summed E-state index contributed by atoms with van der Waals surface area (Å²) in [7, 11) is 0. The van der Waals surface area contributed by atoms with Crippen LogP contribution >= 0.6 is 0 Å². The van der Waals surface area contributed by atoms with Crippen LogP contribution in [0.5, 0.6) is 0 Å². The molecular weight excluding hydrogens is 577 g/mol. The molecule has 6 aromatic rings. The molecule has 242 valence electrons. The molecule has 0 radical (unpaired) electrons. The van der Waals surface area contributed by atoms with Crippen molar-refractivity contribution in [2.75, 3.05) is 0 Å². The first-order valence-corrected chi connectivity index (χ1v) is 18.2. The Morgan fingerprint density at radius 3 is 1.58 bits per heavy atom. The van der Waals surface area contributed by atoms with Crippen molar-refractivity contribution < 1.29 is 0 Å². The summed E-state index contributed by atoms with van der Waals surface area (Å²) < 4.78 is 0.